The van der Waals surface area contributed by atoms with Crippen molar-refractivity contribution in [3.63, 3.8) is 0 Å². The van der Waals surface area contributed by atoms with E-state index in [0.717, 1.165) is 11.1 Å². The van der Waals surface area contributed by atoms with Crippen LogP contribution in [0.4, 0.5) is 0 Å². The van der Waals surface area contributed by atoms with Gasteiger partial charge in [-0.25, -0.2) is 0 Å². The van der Waals surface area contributed by atoms with Crippen LogP contribution >= 0.6 is 0 Å². The molecule has 0 bridgehead atoms. The maximum absolute atomic E-state index is 12.6. The molecule has 0 radical (unpaired) electrons. The summed E-state index contributed by atoms with van der Waals surface area (Å²) in [4.78, 5) is 12.6. The van der Waals surface area contributed by atoms with Gasteiger partial charge in [-0.2, -0.15) is 0 Å². The Morgan fingerprint density at radius 2 is 1.60 bits per heavy atom. The summed E-state index contributed by atoms with van der Waals surface area (Å²) in [6, 6.07) is 21.9. The zero-order chi connectivity index (χ0) is 17.4. The number of nitrogens with zero attached hydrogens (tertiary/aromatic N) is 1. The summed E-state index contributed by atoms with van der Waals surface area (Å²) in [5.74, 6) is -0.206. The summed E-state index contributed by atoms with van der Waals surface area (Å²) in [5, 5.41) is 12.8. The number of hydrogen-bond donors (Lipinski definition) is 1. The minimum Gasteiger partial charge on any atom is -0.508 e. The van der Waals surface area contributed by atoms with E-state index in [1.807, 2.05) is 41.0 Å². The first kappa shape index (κ1) is 15.2. The molecule has 3 nitrogen and oxygen atoms in total. The SMILES string of the molecule is C=C(O)c1cn(Cc2cccc3ccccc23)c2ccccc2c1=O. The van der Waals surface area contributed by atoms with Gasteiger partial charge in [0.05, 0.1) is 11.1 Å². The van der Waals surface area contributed by atoms with Crippen LogP contribution in [-0.4, -0.2) is 9.67 Å². The lowest BCUT2D eigenvalue weighted by molar-refractivity contribution is 0.512. The number of hydrogen-bond acceptors (Lipinski definition) is 2. The number of para-hydroxylation sites is 1. The normalized spacial score (nSPS) is 11.0. The number of fused-ring (bicyclic) bond motifs is 2. The molecule has 0 aliphatic rings. The summed E-state index contributed by atoms with van der Waals surface area (Å²) in [7, 11) is 0. The summed E-state index contributed by atoms with van der Waals surface area (Å²) < 4.78 is 2.00. The molecule has 3 heteroatoms. The second kappa shape index (κ2) is 5.95. The molecule has 4 rings (SSSR count). The molecule has 122 valence electrons. The highest BCUT2D eigenvalue weighted by Crippen LogP contribution is 2.22. The number of benzene rings is 3. The van der Waals surface area contributed by atoms with Crippen LogP contribution in [0.3, 0.4) is 0 Å². The van der Waals surface area contributed by atoms with Crippen LogP contribution in [0.5, 0.6) is 0 Å². The van der Waals surface area contributed by atoms with Gasteiger partial charge in [0.25, 0.3) is 0 Å². The van der Waals surface area contributed by atoms with E-state index in [-0.39, 0.29) is 16.8 Å². The Bertz CT molecular complexity index is 1170. The fourth-order valence-corrected chi connectivity index (χ4v) is 3.30. The predicted molar refractivity (Wildman–Crippen MR) is 103 cm³/mol. The third-order valence-electron chi connectivity index (χ3n) is 4.52. The zero-order valence-corrected chi connectivity index (χ0v) is 13.6. The number of aromatic nitrogens is 1. The van der Waals surface area contributed by atoms with Gasteiger partial charge in [-0.05, 0) is 28.5 Å². The van der Waals surface area contributed by atoms with Gasteiger partial charge in [-0.15, -0.1) is 0 Å². The molecule has 0 unspecified atom stereocenters. The summed E-state index contributed by atoms with van der Waals surface area (Å²) in [6.07, 6.45) is 1.69. The number of aliphatic hydroxyl groups excluding tert-OH is 1. The second-order valence-electron chi connectivity index (χ2n) is 6.10. The highest BCUT2D eigenvalue weighted by atomic mass is 16.3. The van der Waals surface area contributed by atoms with Gasteiger partial charge in [-0.3, -0.25) is 4.79 Å². The summed E-state index contributed by atoms with van der Waals surface area (Å²) >= 11 is 0. The van der Waals surface area contributed by atoms with Gasteiger partial charge >= 0.3 is 0 Å². The van der Waals surface area contributed by atoms with E-state index in [1.54, 1.807) is 12.3 Å². The lowest BCUT2D eigenvalue weighted by Gasteiger charge is -2.14. The van der Waals surface area contributed by atoms with Crippen molar-refractivity contribution in [1.29, 1.82) is 0 Å². The molecule has 0 amide bonds. The van der Waals surface area contributed by atoms with Crippen molar-refractivity contribution < 1.29 is 5.11 Å². The van der Waals surface area contributed by atoms with Crippen LogP contribution in [0.15, 0.2) is 84.3 Å². The fourth-order valence-electron chi connectivity index (χ4n) is 3.30. The second-order valence-corrected chi connectivity index (χ2v) is 6.10. The van der Waals surface area contributed by atoms with Crippen LogP contribution in [0.25, 0.3) is 27.4 Å². The van der Waals surface area contributed by atoms with Gasteiger partial charge in [0.15, 0.2) is 5.43 Å². The molecule has 25 heavy (non-hydrogen) atoms. The first-order valence-corrected chi connectivity index (χ1v) is 8.12. The molecule has 0 saturated heterocycles. The third kappa shape index (κ3) is 2.60. The highest BCUT2D eigenvalue weighted by molar-refractivity contribution is 5.86. The van der Waals surface area contributed by atoms with Crippen molar-refractivity contribution in [2.45, 2.75) is 6.54 Å². The van der Waals surface area contributed by atoms with Crippen molar-refractivity contribution in [1.82, 2.24) is 4.57 Å². The average Bonchev–Trinajstić information content (AvgIpc) is 2.64. The maximum atomic E-state index is 12.6. The van der Waals surface area contributed by atoms with E-state index in [0.29, 0.717) is 11.9 Å². The van der Waals surface area contributed by atoms with E-state index in [9.17, 15) is 9.90 Å². The molecule has 1 N–H and O–H groups in total. The minimum absolute atomic E-state index is 0.197. The molecule has 0 aliphatic heterocycles. The van der Waals surface area contributed by atoms with Crippen molar-refractivity contribution in [2.24, 2.45) is 0 Å². The molecule has 4 aromatic rings. The van der Waals surface area contributed by atoms with E-state index in [4.69, 9.17) is 0 Å². The average molecular weight is 327 g/mol. The number of pyridine rings is 1. The summed E-state index contributed by atoms with van der Waals surface area (Å²) in [5.41, 5.74) is 2.03. The summed E-state index contributed by atoms with van der Waals surface area (Å²) in [6.45, 7) is 4.13. The van der Waals surface area contributed by atoms with E-state index < -0.39 is 0 Å². The van der Waals surface area contributed by atoms with Gasteiger partial charge in [0.2, 0.25) is 0 Å². The first-order chi connectivity index (χ1) is 12.1. The standard InChI is InChI=1S/C22H17NO2/c1-15(24)20-14-23(21-12-5-4-11-19(21)22(20)25)13-17-9-6-8-16-7-2-3-10-18(16)17/h2-12,14,24H,1,13H2. The Hall–Kier alpha value is -3.33. The van der Waals surface area contributed by atoms with Crippen molar-refractivity contribution in [2.75, 3.05) is 0 Å². The van der Waals surface area contributed by atoms with Crippen LogP contribution in [0.2, 0.25) is 0 Å². The first-order valence-electron chi connectivity index (χ1n) is 8.12. The number of rotatable bonds is 3. The Kier molecular flexibility index (Phi) is 3.62. The molecule has 1 heterocycles. The highest BCUT2D eigenvalue weighted by Gasteiger charge is 2.11. The quantitative estimate of drug-likeness (QED) is 0.553. The molecular formula is C22H17NO2. The van der Waals surface area contributed by atoms with Gasteiger partial charge in [0, 0.05) is 18.1 Å². The lowest BCUT2D eigenvalue weighted by atomic mass is 10.0. The monoisotopic (exact) mass is 327 g/mol. The smallest absolute Gasteiger partial charge is 0.200 e. The Morgan fingerprint density at radius 3 is 2.40 bits per heavy atom. The Morgan fingerprint density at radius 1 is 0.920 bits per heavy atom. The van der Waals surface area contributed by atoms with Crippen LogP contribution in [0.1, 0.15) is 11.1 Å². The molecule has 0 fully saturated rings. The van der Waals surface area contributed by atoms with Crippen LogP contribution in [-0.2, 0) is 6.54 Å². The molecular weight excluding hydrogens is 310 g/mol. The largest absolute Gasteiger partial charge is 0.508 e. The van der Waals surface area contributed by atoms with Crippen LogP contribution < -0.4 is 5.43 Å². The fraction of sp³-hybridized carbons (Fsp3) is 0.0455. The zero-order valence-electron chi connectivity index (χ0n) is 13.6. The third-order valence-corrected chi connectivity index (χ3v) is 4.52. The maximum Gasteiger partial charge on any atom is 0.200 e. The number of aliphatic hydroxyl groups is 1. The van der Waals surface area contributed by atoms with Gasteiger partial charge < -0.3 is 9.67 Å². The Balaban J connectivity index is 1.96. The molecule has 0 atom stereocenters. The van der Waals surface area contributed by atoms with Gasteiger partial charge in [-0.1, -0.05) is 61.2 Å². The van der Waals surface area contributed by atoms with E-state index in [2.05, 4.69) is 30.8 Å². The minimum atomic E-state index is -0.206. The van der Waals surface area contributed by atoms with E-state index >= 15 is 0 Å². The van der Waals surface area contributed by atoms with E-state index in [1.165, 1.54) is 10.8 Å². The lowest BCUT2D eigenvalue weighted by Crippen LogP contribution is -2.14. The molecule has 0 spiro atoms. The molecule has 3 aromatic carbocycles. The van der Waals surface area contributed by atoms with Crippen molar-refractivity contribution >= 4 is 27.4 Å². The van der Waals surface area contributed by atoms with Crippen LogP contribution in [0, 0.1) is 0 Å². The topological polar surface area (TPSA) is 42.2 Å². The van der Waals surface area contributed by atoms with Crippen molar-refractivity contribution in [3.8, 4) is 0 Å². The molecule has 1 aromatic heterocycles. The van der Waals surface area contributed by atoms with Crippen molar-refractivity contribution in [3.05, 3.63) is 101 Å². The Labute approximate surface area is 145 Å². The molecule has 0 aliphatic carbocycles. The van der Waals surface area contributed by atoms with Gasteiger partial charge in [0.1, 0.15) is 5.76 Å². The molecule has 0 saturated carbocycles. The predicted octanol–water partition coefficient (Wildman–Crippen LogP) is 4.73.